The number of amides is 2. The number of rotatable bonds is 8. The molecule has 1 aromatic carbocycles. The number of hydrogen-bond donors (Lipinski definition) is 3. The molecule has 0 bridgehead atoms. The van der Waals surface area contributed by atoms with Crippen molar-refractivity contribution in [1.82, 2.24) is 14.8 Å². The zero-order valence-corrected chi connectivity index (χ0v) is 21.9. The van der Waals surface area contributed by atoms with Crippen LogP contribution >= 0.6 is 11.3 Å². The minimum atomic E-state index is -0.367. The van der Waals surface area contributed by atoms with Crippen LogP contribution in [-0.4, -0.2) is 20.8 Å². The zero-order chi connectivity index (χ0) is 25.6. The van der Waals surface area contributed by atoms with Crippen molar-refractivity contribution in [2.75, 3.05) is 10.6 Å². The van der Waals surface area contributed by atoms with E-state index in [1.165, 1.54) is 11.3 Å². The second-order valence-electron chi connectivity index (χ2n) is 9.42. The number of aromatic nitrogens is 3. The third-order valence-corrected chi connectivity index (χ3v) is 6.16. The van der Waals surface area contributed by atoms with E-state index in [9.17, 15) is 4.79 Å². The number of thiazole rings is 1. The molecule has 3 rings (SSSR count). The van der Waals surface area contributed by atoms with Gasteiger partial charge in [-0.1, -0.05) is 57.2 Å². The molecule has 35 heavy (non-hydrogen) atoms. The van der Waals surface area contributed by atoms with Gasteiger partial charge in [-0.05, 0) is 50.5 Å². The molecule has 0 unspecified atom stereocenters. The Morgan fingerprint density at radius 2 is 1.94 bits per heavy atom. The first kappa shape index (κ1) is 26.0. The van der Waals surface area contributed by atoms with Gasteiger partial charge < -0.3 is 5.73 Å². The van der Waals surface area contributed by atoms with Gasteiger partial charge in [-0.25, -0.2) is 14.5 Å². The van der Waals surface area contributed by atoms with Crippen molar-refractivity contribution in [2.45, 2.75) is 52.9 Å². The highest BCUT2D eigenvalue weighted by atomic mass is 32.1. The fourth-order valence-corrected chi connectivity index (χ4v) is 4.18. The number of benzene rings is 1. The van der Waals surface area contributed by atoms with E-state index in [1.54, 1.807) is 10.9 Å². The molecule has 3 aromatic rings. The van der Waals surface area contributed by atoms with Crippen molar-refractivity contribution in [1.29, 1.82) is 0 Å². The van der Waals surface area contributed by atoms with Crippen LogP contribution in [0.5, 0.6) is 0 Å². The van der Waals surface area contributed by atoms with Crippen LogP contribution in [0, 0.1) is 6.92 Å². The average molecular weight is 491 g/mol. The predicted molar refractivity (Wildman–Crippen MR) is 146 cm³/mol. The highest BCUT2D eigenvalue weighted by Gasteiger charge is 2.21. The first-order valence-electron chi connectivity index (χ1n) is 11.5. The van der Waals surface area contributed by atoms with E-state index in [0.717, 1.165) is 40.2 Å². The summed E-state index contributed by atoms with van der Waals surface area (Å²) in [5, 5.41) is 11.1. The SMILES string of the molecule is C=C(N)/C=C(\C=C/C)CCc1cnc(NC(=O)Nc2cc(C(C)(C)C)nn2-c2ccc(C)cc2)s1. The number of carbonyl (C=O) groups is 1. The topological polar surface area (TPSA) is 97.9 Å². The van der Waals surface area contributed by atoms with E-state index in [1.807, 2.05) is 62.4 Å². The molecule has 0 radical (unpaired) electrons. The molecule has 0 aliphatic rings. The molecule has 4 N–H and O–H groups in total. The summed E-state index contributed by atoms with van der Waals surface area (Å²) in [6.45, 7) is 14.0. The maximum absolute atomic E-state index is 12.8. The maximum Gasteiger partial charge on any atom is 0.326 e. The minimum absolute atomic E-state index is 0.163. The molecule has 0 fully saturated rings. The van der Waals surface area contributed by atoms with Crippen LogP contribution in [0.2, 0.25) is 0 Å². The third-order valence-electron chi connectivity index (χ3n) is 5.18. The van der Waals surface area contributed by atoms with Crippen molar-refractivity contribution in [3.05, 3.63) is 88.7 Å². The molecule has 8 heteroatoms. The molecule has 0 spiro atoms. The minimum Gasteiger partial charge on any atom is -0.399 e. The van der Waals surface area contributed by atoms with E-state index >= 15 is 0 Å². The summed E-state index contributed by atoms with van der Waals surface area (Å²) in [5.41, 5.74) is 10.1. The Labute approximate surface area is 211 Å². The summed E-state index contributed by atoms with van der Waals surface area (Å²) in [6, 6.07) is 9.56. The van der Waals surface area contributed by atoms with Gasteiger partial charge in [-0.3, -0.25) is 10.6 Å². The van der Waals surface area contributed by atoms with Crippen LogP contribution < -0.4 is 16.4 Å². The molecule has 0 saturated carbocycles. The first-order valence-corrected chi connectivity index (χ1v) is 12.3. The van der Waals surface area contributed by atoms with Crippen LogP contribution in [0.15, 0.2) is 72.6 Å². The lowest BCUT2D eigenvalue weighted by atomic mass is 9.92. The Kier molecular flexibility index (Phi) is 8.30. The fourth-order valence-electron chi connectivity index (χ4n) is 3.37. The number of hydrogen-bond acceptors (Lipinski definition) is 5. The van der Waals surface area contributed by atoms with Gasteiger partial charge in [0.1, 0.15) is 5.82 Å². The van der Waals surface area contributed by atoms with Crippen molar-refractivity contribution < 1.29 is 4.79 Å². The van der Waals surface area contributed by atoms with Crippen molar-refractivity contribution in [2.24, 2.45) is 5.73 Å². The van der Waals surface area contributed by atoms with E-state index in [2.05, 4.69) is 43.0 Å². The quantitative estimate of drug-likeness (QED) is 0.315. The standard InChI is InChI=1S/C27H34N6OS/c1-7-8-20(15-19(3)28)11-14-22-17-29-26(35-22)31-25(34)30-24-16-23(27(4,5)6)32-33(24)21-12-9-18(2)10-13-21/h7-10,12-13,15-17H,3,11,14,28H2,1-2,4-6H3,(H2,29,30,31,34)/b8-7-,20-15+. The van der Waals surface area contributed by atoms with Gasteiger partial charge in [0, 0.05) is 28.3 Å². The van der Waals surface area contributed by atoms with Crippen LogP contribution in [0.3, 0.4) is 0 Å². The van der Waals surface area contributed by atoms with E-state index in [0.29, 0.717) is 16.6 Å². The monoisotopic (exact) mass is 490 g/mol. The highest BCUT2D eigenvalue weighted by Crippen LogP contribution is 2.27. The first-order chi connectivity index (χ1) is 16.5. The number of nitrogens with two attached hydrogens (primary N) is 1. The molecular formula is C27H34N6OS. The lowest BCUT2D eigenvalue weighted by Crippen LogP contribution is -2.21. The predicted octanol–water partition coefficient (Wildman–Crippen LogP) is 6.49. The Morgan fingerprint density at radius 3 is 2.57 bits per heavy atom. The molecule has 184 valence electrons. The van der Waals surface area contributed by atoms with Gasteiger partial charge in [-0.2, -0.15) is 5.10 Å². The largest absolute Gasteiger partial charge is 0.399 e. The summed E-state index contributed by atoms with van der Waals surface area (Å²) in [7, 11) is 0. The lowest BCUT2D eigenvalue weighted by molar-refractivity contribution is 0.262. The molecule has 0 aliphatic heterocycles. The summed E-state index contributed by atoms with van der Waals surface area (Å²) in [5.74, 6) is 0.594. The van der Waals surface area contributed by atoms with Crippen molar-refractivity contribution >= 4 is 28.3 Å². The summed E-state index contributed by atoms with van der Waals surface area (Å²) in [6.07, 6.45) is 9.26. The summed E-state index contributed by atoms with van der Waals surface area (Å²) >= 11 is 1.45. The highest BCUT2D eigenvalue weighted by molar-refractivity contribution is 7.15. The van der Waals surface area contributed by atoms with E-state index in [-0.39, 0.29) is 11.4 Å². The van der Waals surface area contributed by atoms with Crippen molar-refractivity contribution in [3.8, 4) is 5.69 Å². The average Bonchev–Trinajstić information content (AvgIpc) is 3.39. The Hall–Kier alpha value is -3.65. The Balaban J connectivity index is 1.71. The molecule has 2 heterocycles. The van der Waals surface area contributed by atoms with Gasteiger partial charge in [0.25, 0.3) is 0 Å². The van der Waals surface area contributed by atoms with Crippen molar-refractivity contribution in [3.63, 3.8) is 0 Å². The van der Waals surface area contributed by atoms with Crippen LogP contribution in [-0.2, 0) is 11.8 Å². The van der Waals surface area contributed by atoms with Crippen LogP contribution in [0.1, 0.15) is 50.3 Å². The smallest absolute Gasteiger partial charge is 0.326 e. The molecule has 0 atom stereocenters. The summed E-state index contributed by atoms with van der Waals surface area (Å²) in [4.78, 5) is 18.3. The van der Waals surface area contributed by atoms with E-state index in [4.69, 9.17) is 10.8 Å². The number of anilines is 2. The second-order valence-corrected chi connectivity index (χ2v) is 10.5. The number of carbonyl (C=O) groups excluding carboxylic acids is 1. The fraction of sp³-hybridized carbons (Fsp3) is 0.296. The Bertz CT molecular complexity index is 1240. The molecule has 2 amide bonds. The lowest BCUT2D eigenvalue weighted by Gasteiger charge is -2.14. The molecule has 7 nitrogen and oxygen atoms in total. The molecular weight excluding hydrogens is 456 g/mol. The van der Waals surface area contributed by atoms with Gasteiger partial charge >= 0.3 is 6.03 Å². The second kappa shape index (κ2) is 11.2. The number of nitrogens with zero attached hydrogens (tertiary/aromatic N) is 3. The van der Waals surface area contributed by atoms with Crippen LogP contribution in [0.4, 0.5) is 15.7 Å². The summed E-state index contributed by atoms with van der Waals surface area (Å²) < 4.78 is 1.76. The normalized spacial score (nSPS) is 12.2. The number of allylic oxidation sites excluding steroid dienone is 4. The number of nitrogens with one attached hydrogen (secondary N) is 2. The zero-order valence-electron chi connectivity index (χ0n) is 21.1. The van der Waals surface area contributed by atoms with Gasteiger partial charge in [-0.15, -0.1) is 11.3 Å². The molecule has 2 aromatic heterocycles. The van der Waals surface area contributed by atoms with Gasteiger partial charge in [0.15, 0.2) is 5.13 Å². The third kappa shape index (κ3) is 7.42. The van der Waals surface area contributed by atoms with Crippen LogP contribution in [0.25, 0.3) is 5.69 Å². The maximum atomic E-state index is 12.8. The number of aryl methyl sites for hydroxylation is 2. The number of urea groups is 1. The van der Waals surface area contributed by atoms with Gasteiger partial charge in [0.05, 0.1) is 11.4 Å². The molecule has 0 aliphatic carbocycles. The molecule has 0 saturated heterocycles. The Morgan fingerprint density at radius 1 is 1.23 bits per heavy atom. The van der Waals surface area contributed by atoms with Gasteiger partial charge in [0.2, 0.25) is 0 Å². The van der Waals surface area contributed by atoms with E-state index < -0.39 is 0 Å².